The van der Waals surface area contributed by atoms with Crippen LogP contribution in [0.3, 0.4) is 0 Å². The highest BCUT2D eigenvalue weighted by Gasteiger charge is 2.16. The average Bonchev–Trinajstić information content (AvgIpc) is 3.51. The molecule has 0 aromatic rings. The number of esters is 2. The van der Waals surface area contributed by atoms with E-state index in [2.05, 4.69) is 148 Å². The van der Waals surface area contributed by atoms with Crippen LogP contribution in [0.15, 0.2) is 134 Å². The monoisotopic (exact) mass is 1160 g/mol. The van der Waals surface area contributed by atoms with Crippen molar-refractivity contribution in [1.29, 1.82) is 0 Å². The summed E-state index contributed by atoms with van der Waals surface area (Å²) in [4.78, 5) is 24.6. The van der Waals surface area contributed by atoms with Gasteiger partial charge in [0.1, 0.15) is 6.61 Å². The van der Waals surface area contributed by atoms with Crippen molar-refractivity contribution in [3.05, 3.63) is 134 Å². The van der Waals surface area contributed by atoms with Crippen LogP contribution < -0.4 is 0 Å². The number of carbonyl (C=O) groups excluding carboxylic acids is 2. The minimum atomic E-state index is -0.805. The summed E-state index contributed by atoms with van der Waals surface area (Å²) in [7, 11) is 0. The van der Waals surface area contributed by atoms with Crippen LogP contribution in [0.1, 0.15) is 335 Å². The molecule has 0 bridgehead atoms. The van der Waals surface area contributed by atoms with E-state index in [0.717, 1.165) is 103 Å². The molecule has 84 heavy (non-hydrogen) atoms. The summed E-state index contributed by atoms with van der Waals surface area (Å²) >= 11 is 0. The maximum Gasteiger partial charge on any atom is 0.306 e. The molecule has 0 saturated carbocycles. The van der Waals surface area contributed by atoms with Gasteiger partial charge in [0.2, 0.25) is 0 Å². The highest BCUT2D eigenvalue weighted by molar-refractivity contribution is 5.70. The van der Waals surface area contributed by atoms with Gasteiger partial charge in [0.25, 0.3) is 0 Å². The molecule has 1 N–H and O–H groups in total. The second-order valence-electron chi connectivity index (χ2n) is 23.6. The molecule has 0 spiro atoms. The van der Waals surface area contributed by atoms with E-state index in [0.29, 0.717) is 12.8 Å². The van der Waals surface area contributed by atoms with Crippen LogP contribution >= 0.6 is 0 Å². The molecular weight excluding hydrogens is 1030 g/mol. The van der Waals surface area contributed by atoms with Gasteiger partial charge in [0, 0.05) is 12.8 Å². The van der Waals surface area contributed by atoms with Crippen LogP contribution in [0.2, 0.25) is 0 Å². The van der Waals surface area contributed by atoms with Gasteiger partial charge in [0.15, 0.2) is 6.10 Å². The number of hydrogen-bond acceptors (Lipinski definition) is 5. The standard InChI is InChI=1S/C79H134O5/c1-3-5-7-9-11-13-15-17-19-21-23-25-27-29-31-33-35-37-38-39-40-42-43-45-47-49-51-53-55-57-59-61-63-65-67-69-71-73-78(81)83-76-77(75-80)84-79(82)74-72-70-68-66-64-62-60-58-56-54-52-50-48-46-44-41-36-34-32-30-28-26-24-22-20-18-16-14-12-10-8-6-4-2/h6,8,12,14,18,20-21,23-24,26,30,32,36,41,46,48,52,54,58,60,64,66,77,80H,3-5,7,9-11,13,15-17,19,22,25,27-29,31,33-35,37-40,42-45,47,49-51,53,55-57,59,61-63,65,67-76H2,1-2H3/b8-6-,14-12-,20-18-,23-21-,26-24-,32-30-,41-36-,48-46-,54-52-,60-58-,66-64-. The zero-order valence-corrected chi connectivity index (χ0v) is 55.1. The van der Waals surface area contributed by atoms with E-state index < -0.39 is 6.10 Å². The maximum absolute atomic E-state index is 12.3. The lowest BCUT2D eigenvalue weighted by atomic mass is 10.0. The topological polar surface area (TPSA) is 72.8 Å². The zero-order chi connectivity index (χ0) is 60.5. The van der Waals surface area contributed by atoms with Gasteiger partial charge in [-0.2, -0.15) is 0 Å². The summed E-state index contributed by atoms with van der Waals surface area (Å²) in [5.41, 5.74) is 0. The van der Waals surface area contributed by atoms with Crippen LogP contribution in [-0.4, -0.2) is 36.4 Å². The van der Waals surface area contributed by atoms with Gasteiger partial charge in [-0.3, -0.25) is 9.59 Å². The van der Waals surface area contributed by atoms with E-state index in [1.807, 2.05) is 0 Å². The molecule has 1 atom stereocenters. The van der Waals surface area contributed by atoms with Gasteiger partial charge in [-0.25, -0.2) is 0 Å². The van der Waals surface area contributed by atoms with Crippen LogP contribution in [0.4, 0.5) is 0 Å². The van der Waals surface area contributed by atoms with Crippen molar-refractivity contribution in [2.45, 2.75) is 341 Å². The Hall–Kier alpha value is -3.96. The molecule has 5 heteroatoms. The van der Waals surface area contributed by atoms with E-state index in [1.165, 1.54) is 205 Å². The van der Waals surface area contributed by atoms with Gasteiger partial charge in [-0.15, -0.1) is 0 Å². The molecule has 5 nitrogen and oxygen atoms in total. The third-order valence-electron chi connectivity index (χ3n) is 15.4. The first-order chi connectivity index (χ1) is 41.6. The van der Waals surface area contributed by atoms with E-state index >= 15 is 0 Å². The first kappa shape index (κ1) is 80.0. The number of aliphatic hydroxyl groups excluding tert-OH is 1. The predicted molar refractivity (Wildman–Crippen MR) is 371 cm³/mol. The number of unbranched alkanes of at least 4 members (excludes halogenated alkanes) is 35. The minimum Gasteiger partial charge on any atom is -0.462 e. The van der Waals surface area contributed by atoms with E-state index in [9.17, 15) is 14.7 Å². The van der Waals surface area contributed by atoms with Crippen molar-refractivity contribution in [1.82, 2.24) is 0 Å². The van der Waals surface area contributed by atoms with Gasteiger partial charge < -0.3 is 14.6 Å². The lowest BCUT2D eigenvalue weighted by Crippen LogP contribution is -2.28. The van der Waals surface area contributed by atoms with Crippen molar-refractivity contribution in [3.63, 3.8) is 0 Å². The molecule has 0 aliphatic rings. The lowest BCUT2D eigenvalue weighted by Gasteiger charge is -2.15. The Kier molecular flexibility index (Phi) is 69.8. The molecular formula is C79H134O5. The number of ether oxygens (including phenoxy) is 2. The fraction of sp³-hybridized carbons (Fsp3) is 0.696. The summed E-state index contributed by atoms with van der Waals surface area (Å²) < 4.78 is 10.7. The van der Waals surface area contributed by atoms with Gasteiger partial charge in [-0.05, 0) is 116 Å². The zero-order valence-electron chi connectivity index (χ0n) is 55.1. The molecule has 0 aliphatic heterocycles. The minimum absolute atomic E-state index is 0.0887. The maximum atomic E-state index is 12.3. The Bertz CT molecular complexity index is 1700. The summed E-state index contributed by atoms with van der Waals surface area (Å²) in [6, 6.07) is 0. The van der Waals surface area contributed by atoms with Crippen LogP contribution in [-0.2, 0) is 19.1 Å². The van der Waals surface area contributed by atoms with E-state index in [1.54, 1.807) is 0 Å². The Morgan fingerprint density at radius 2 is 0.512 bits per heavy atom. The Morgan fingerprint density at radius 1 is 0.286 bits per heavy atom. The number of hydrogen-bond donors (Lipinski definition) is 1. The molecule has 0 heterocycles. The fourth-order valence-electron chi connectivity index (χ4n) is 10.1. The summed E-state index contributed by atoms with van der Waals surface area (Å²) in [5.74, 6) is -0.638. The third-order valence-corrected chi connectivity index (χ3v) is 15.4. The molecule has 0 saturated heterocycles. The highest BCUT2D eigenvalue weighted by atomic mass is 16.6. The Labute approximate surface area is 521 Å². The largest absolute Gasteiger partial charge is 0.462 e. The quantitative estimate of drug-likeness (QED) is 0.0373. The van der Waals surface area contributed by atoms with Crippen molar-refractivity contribution in [2.75, 3.05) is 13.2 Å². The first-order valence-corrected chi connectivity index (χ1v) is 35.7. The predicted octanol–water partition coefficient (Wildman–Crippen LogP) is 25.1. The van der Waals surface area contributed by atoms with Gasteiger partial charge in [-0.1, -0.05) is 340 Å². The first-order valence-electron chi connectivity index (χ1n) is 35.7. The second kappa shape index (κ2) is 73.3. The molecule has 0 amide bonds. The Balaban J connectivity index is 3.53. The molecule has 0 rings (SSSR count). The number of aliphatic hydroxyl groups is 1. The number of rotatable bonds is 65. The fourth-order valence-corrected chi connectivity index (χ4v) is 10.1. The van der Waals surface area contributed by atoms with Crippen LogP contribution in [0.5, 0.6) is 0 Å². The lowest BCUT2D eigenvalue weighted by molar-refractivity contribution is -0.161. The van der Waals surface area contributed by atoms with Crippen molar-refractivity contribution in [2.24, 2.45) is 0 Å². The van der Waals surface area contributed by atoms with E-state index in [4.69, 9.17) is 9.47 Å². The summed E-state index contributed by atoms with van der Waals surface area (Å²) in [5, 5.41) is 9.69. The summed E-state index contributed by atoms with van der Waals surface area (Å²) in [6.07, 6.45) is 109. The molecule has 0 aromatic heterocycles. The van der Waals surface area contributed by atoms with Crippen LogP contribution in [0, 0.1) is 0 Å². The molecule has 480 valence electrons. The average molecular weight is 1160 g/mol. The molecule has 0 radical (unpaired) electrons. The summed E-state index contributed by atoms with van der Waals surface area (Å²) in [6.45, 7) is 4.02. The third kappa shape index (κ3) is 70.5. The van der Waals surface area contributed by atoms with Crippen LogP contribution in [0.25, 0.3) is 0 Å². The molecule has 0 aromatic carbocycles. The van der Waals surface area contributed by atoms with E-state index in [-0.39, 0.29) is 25.2 Å². The molecule has 0 aliphatic carbocycles. The van der Waals surface area contributed by atoms with Gasteiger partial charge >= 0.3 is 11.9 Å². The number of allylic oxidation sites excluding steroid dienone is 22. The highest BCUT2D eigenvalue weighted by Crippen LogP contribution is 2.18. The SMILES string of the molecule is CC/C=C\C/C=C\C/C=C\C/C=C\C/C=C\C/C=C\C/C=C\C/C=C\C/C=C\C/C=C\CCCCC(=O)OC(CO)COC(=O)CCCCCCCCCCCCCCCCCCCCCCCCCCC/C=C\CCCCCCCCCC. The second-order valence-corrected chi connectivity index (χ2v) is 23.6. The Morgan fingerprint density at radius 3 is 0.810 bits per heavy atom. The number of carbonyl (C=O) groups is 2. The van der Waals surface area contributed by atoms with Crippen molar-refractivity contribution >= 4 is 11.9 Å². The van der Waals surface area contributed by atoms with Crippen molar-refractivity contribution < 1.29 is 24.2 Å². The molecule has 1 unspecified atom stereocenters. The molecule has 0 fully saturated rings. The van der Waals surface area contributed by atoms with Crippen molar-refractivity contribution in [3.8, 4) is 0 Å². The smallest absolute Gasteiger partial charge is 0.306 e. The normalized spacial score (nSPS) is 13.0. The van der Waals surface area contributed by atoms with Gasteiger partial charge in [0.05, 0.1) is 6.61 Å².